The monoisotopic (exact) mass is 393 g/mol. The molecular formula is C19H22F3N5O. The summed E-state index contributed by atoms with van der Waals surface area (Å²) in [6.45, 7) is 0. The summed E-state index contributed by atoms with van der Waals surface area (Å²) in [4.78, 5) is 8.53. The zero-order chi connectivity index (χ0) is 20.1. The largest absolute Gasteiger partial charge is 0.508 e. The molecule has 1 saturated carbocycles. The van der Waals surface area contributed by atoms with Crippen molar-refractivity contribution in [3.63, 3.8) is 0 Å². The second-order valence-electron chi connectivity index (χ2n) is 6.93. The Labute approximate surface area is 160 Å². The molecule has 6 nitrogen and oxygen atoms in total. The number of H-pyrrole nitrogens is 1. The van der Waals surface area contributed by atoms with E-state index in [4.69, 9.17) is 5.73 Å². The molecule has 0 amide bonds. The number of rotatable bonds is 5. The summed E-state index contributed by atoms with van der Waals surface area (Å²) in [6.07, 6.45) is 0.666. The highest BCUT2D eigenvalue weighted by Gasteiger charge is 2.42. The Balaban J connectivity index is 1.58. The number of hydrogen-bond donors (Lipinski definition) is 3. The maximum Gasteiger partial charge on any atom is 0.391 e. The number of nitrogens with zero attached hydrogens (tertiary/aromatic N) is 3. The van der Waals surface area contributed by atoms with E-state index in [2.05, 4.69) is 20.2 Å². The van der Waals surface area contributed by atoms with E-state index in [1.165, 1.54) is 6.08 Å². The van der Waals surface area contributed by atoms with Gasteiger partial charge in [0.1, 0.15) is 17.4 Å². The fourth-order valence-corrected chi connectivity index (χ4v) is 3.26. The molecule has 1 aromatic carbocycles. The molecule has 2 atom stereocenters. The first-order valence-corrected chi connectivity index (χ1v) is 9.07. The van der Waals surface area contributed by atoms with Gasteiger partial charge in [-0.25, -0.2) is 4.98 Å². The highest BCUT2D eigenvalue weighted by atomic mass is 19.4. The summed E-state index contributed by atoms with van der Waals surface area (Å²) in [5.74, 6) is 0.101. The van der Waals surface area contributed by atoms with E-state index >= 15 is 0 Å². The Hall–Kier alpha value is -2.84. The van der Waals surface area contributed by atoms with Crippen molar-refractivity contribution in [2.24, 2.45) is 16.6 Å². The average molecular weight is 393 g/mol. The molecular weight excluding hydrogens is 371 g/mol. The quantitative estimate of drug-likeness (QED) is 0.534. The molecule has 150 valence electrons. The van der Waals surface area contributed by atoms with Crippen molar-refractivity contribution in [2.75, 3.05) is 0 Å². The Morgan fingerprint density at radius 2 is 2.04 bits per heavy atom. The molecule has 0 bridgehead atoms. The van der Waals surface area contributed by atoms with E-state index in [1.807, 2.05) is 0 Å². The number of phenols is 1. The lowest BCUT2D eigenvalue weighted by atomic mass is 9.85. The summed E-state index contributed by atoms with van der Waals surface area (Å²) in [7, 11) is 0. The highest BCUT2D eigenvalue weighted by Crippen LogP contribution is 2.38. The van der Waals surface area contributed by atoms with Crippen molar-refractivity contribution in [3.05, 3.63) is 47.6 Å². The highest BCUT2D eigenvalue weighted by molar-refractivity contribution is 5.94. The second kappa shape index (κ2) is 8.45. The van der Waals surface area contributed by atoms with E-state index in [0.29, 0.717) is 30.9 Å². The van der Waals surface area contributed by atoms with Crippen LogP contribution in [0.4, 0.5) is 13.2 Å². The number of aliphatic imine (C=N–C) groups is 1. The van der Waals surface area contributed by atoms with Gasteiger partial charge in [-0.2, -0.15) is 18.3 Å². The molecule has 2 aromatic rings. The van der Waals surface area contributed by atoms with Crippen LogP contribution in [0.25, 0.3) is 6.08 Å². The van der Waals surface area contributed by atoms with Crippen LogP contribution in [0.1, 0.15) is 42.9 Å². The maximum atomic E-state index is 12.9. The van der Waals surface area contributed by atoms with E-state index in [1.54, 1.807) is 30.3 Å². The van der Waals surface area contributed by atoms with Gasteiger partial charge in [-0.05, 0) is 49.1 Å². The van der Waals surface area contributed by atoms with Crippen molar-refractivity contribution in [1.82, 2.24) is 15.2 Å². The van der Waals surface area contributed by atoms with E-state index in [9.17, 15) is 18.3 Å². The Morgan fingerprint density at radius 1 is 1.29 bits per heavy atom. The number of nitrogens with two attached hydrogens (primary N) is 1. The second-order valence-corrected chi connectivity index (χ2v) is 6.93. The van der Waals surface area contributed by atoms with Crippen LogP contribution in [0.3, 0.4) is 0 Å². The minimum absolute atomic E-state index is 0.0184. The van der Waals surface area contributed by atoms with Gasteiger partial charge in [0.15, 0.2) is 5.82 Å². The first-order chi connectivity index (χ1) is 13.3. The maximum absolute atomic E-state index is 12.9. The van der Waals surface area contributed by atoms with E-state index in [0.717, 1.165) is 5.56 Å². The number of hydrogen-bond acceptors (Lipinski definition) is 4. The Bertz CT molecular complexity index is 842. The van der Waals surface area contributed by atoms with Crippen LogP contribution in [-0.2, 0) is 6.42 Å². The van der Waals surface area contributed by atoms with E-state index in [-0.39, 0.29) is 24.4 Å². The third kappa shape index (κ3) is 5.58. The number of aromatic amines is 1. The summed E-state index contributed by atoms with van der Waals surface area (Å²) in [5.41, 5.74) is 6.80. The standard InChI is InChI=1S/C19H22F3N5O/c20-19(21,22)13-2-1-3-14(11-13)24-16(23)8-9-17-25-18(27-26-17)10-12-4-6-15(28)7-5-12/h4-9,13-14,28H,1-3,10-11H2,(H2,23,24)(H,25,26,27)/b9-8-. The van der Waals surface area contributed by atoms with Crippen LogP contribution in [0.5, 0.6) is 5.75 Å². The number of aromatic hydroxyl groups is 1. The third-order valence-electron chi connectivity index (χ3n) is 4.70. The molecule has 1 heterocycles. The SMILES string of the molecule is NC(/C=C\c1n[nH]c(Cc2ccc(O)cc2)n1)=NC1CCCC(C(F)(F)F)C1. The normalized spacial score (nSPS) is 21.3. The molecule has 0 radical (unpaired) electrons. The Kier molecular flexibility index (Phi) is 6.01. The number of benzene rings is 1. The zero-order valence-electron chi connectivity index (χ0n) is 15.2. The van der Waals surface area contributed by atoms with Gasteiger partial charge in [0.2, 0.25) is 0 Å². The summed E-state index contributed by atoms with van der Waals surface area (Å²) < 4.78 is 38.6. The number of phenolic OH excluding ortho intramolecular Hbond substituents is 1. The van der Waals surface area contributed by atoms with Crippen LogP contribution in [0, 0.1) is 5.92 Å². The number of nitrogens with one attached hydrogen (secondary N) is 1. The van der Waals surface area contributed by atoms with Gasteiger partial charge in [-0.15, -0.1) is 0 Å². The molecule has 0 saturated heterocycles. The molecule has 1 aliphatic carbocycles. The molecule has 3 rings (SSSR count). The summed E-state index contributed by atoms with van der Waals surface area (Å²) in [5, 5.41) is 16.2. The lowest BCUT2D eigenvalue weighted by molar-refractivity contribution is -0.182. The third-order valence-corrected chi connectivity index (χ3v) is 4.70. The van der Waals surface area contributed by atoms with Crippen molar-refractivity contribution in [3.8, 4) is 5.75 Å². The van der Waals surface area contributed by atoms with Crippen molar-refractivity contribution < 1.29 is 18.3 Å². The molecule has 2 unspecified atom stereocenters. The molecule has 1 aromatic heterocycles. The summed E-state index contributed by atoms with van der Waals surface area (Å²) >= 11 is 0. The molecule has 0 spiro atoms. The topological polar surface area (TPSA) is 100 Å². The zero-order valence-corrected chi connectivity index (χ0v) is 15.2. The van der Waals surface area contributed by atoms with Gasteiger partial charge in [0.25, 0.3) is 0 Å². The predicted octanol–water partition coefficient (Wildman–Crippen LogP) is 3.59. The number of halogens is 3. The Morgan fingerprint density at radius 3 is 2.75 bits per heavy atom. The van der Waals surface area contributed by atoms with Gasteiger partial charge in [-0.1, -0.05) is 18.6 Å². The van der Waals surface area contributed by atoms with Gasteiger partial charge >= 0.3 is 6.18 Å². The molecule has 1 fully saturated rings. The van der Waals surface area contributed by atoms with Crippen LogP contribution in [-0.4, -0.2) is 38.3 Å². The number of aromatic nitrogens is 3. The lowest BCUT2D eigenvalue weighted by Gasteiger charge is -2.28. The van der Waals surface area contributed by atoms with Gasteiger partial charge in [-0.3, -0.25) is 10.1 Å². The first kappa shape index (κ1) is 19.9. The van der Waals surface area contributed by atoms with Crippen molar-refractivity contribution in [1.29, 1.82) is 0 Å². The fraction of sp³-hybridized carbons (Fsp3) is 0.421. The van der Waals surface area contributed by atoms with Crippen molar-refractivity contribution >= 4 is 11.9 Å². The van der Waals surface area contributed by atoms with Gasteiger partial charge in [0.05, 0.1) is 12.0 Å². The van der Waals surface area contributed by atoms with Crippen LogP contribution < -0.4 is 5.73 Å². The molecule has 4 N–H and O–H groups in total. The molecule has 9 heteroatoms. The van der Waals surface area contributed by atoms with Crippen LogP contribution >= 0.6 is 0 Å². The average Bonchev–Trinajstić information content (AvgIpc) is 3.09. The minimum Gasteiger partial charge on any atom is -0.508 e. The lowest BCUT2D eigenvalue weighted by Crippen LogP contribution is -2.31. The van der Waals surface area contributed by atoms with E-state index < -0.39 is 18.1 Å². The number of alkyl halides is 3. The molecule has 28 heavy (non-hydrogen) atoms. The number of amidine groups is 1. The van der Waals surface area contributed by atoms with Crippen molar-refractivity contribution in [2.45, 2.75) is 44.3 Å². The predicted molar refractivity (Wildman–Crippen MR) is 99.8 cm³/mol. The van der Waals surface area contributed by atoms with Crippen LogP contribution in [0.15, 0.2) is 35.3 Å². The minimum atomic E-state index is -4.17. The fourth-order valence-electron chi connectivity index (χ4n) is 3.26. The first-order valence-electron chi connectivity index (χ1n) is 9.07. The summed E-state index contributed by atoms with van der Waals surface area (Å²) in [6, 6.07) is 6.35. The van der Waals surface area contributed by atoms with Gasteiger partial charge < -0.3 is 10.8 Å². The molecule has 1 aliphatic rings. The molecule has 0 aliphatic heterocycles. The smallest absolute Gasteiger partial charge is 0.391 e. The van der Waals surface area contributed by atoms with Crippen LogP contribution in [0.2, 0.25) is 0 Å². The van der Waals surface area contributed by atoms with Gasteiger partial charge in [0, 0.05) is 6.42 Å².